The van der Waals surface area contributed by atoms with Gasteiger partial charge in [0.25, 0.3) is 0 Å². The van der Waals surface area contributed by atoms with Gasteiger partial charge >= 0.3 is 0 Å². The Labute approximate surface area is 116 Å². The minimum Gasteiger partial charge on any atom is -0.342 e. The number of amides is 1. The van der Waals surface area contributed by atoms with Crippen LogP contribution in [0.2, 0.25) is 0 Å². The lowest BCUT2D eigenvalue weighted by Crippen LogP contribution is -2.42. The zero-order valence-electron chi connectivity index (χ0n) is 12.2. The molecule has 2 aliphatic carbocycles. The van der Waals surface area contributed by atoms with Crippen LogP contribution in [0.25, 0.3) is 0 Å². The second kappa shape index (κ2) is 3.97. The van der Waals surface area contributed by atoms with E-state index >= 15 is 0 Å². The molecular weight excluding hydrogens is 236 g/mol. The molecule has 19 heavy (non-hydrogen) atoms. The van der Waals surface area contributed by atoms with Crippen LogP contribution in [-0.2, 0) is 4.79 Å². The van der Waals surface area contributed by atoms with E-state index in [1.54, 1.807) is 0 Å². The zero-order chi connectivity index (χ0) is 13.1. The highest BCUT2D eigenvalue weighted by Gasteiger charge is 2.53. The second-order valence-electron chi connectivity index (χ2n) is 7.89. The predicted molar refractivity (Wildman–Crippen MR) is 74.8 cm³/mol. The van der Waals surface area contributed by atoms with E-state index in [9.17, 15) is 4.79 Å². The fraction of sp³-hybridized carbons (Fsp3) is 0.938. The summed E-state index contributed by atoms with van der Waals surface area (Å²) in [5.74, 6) is 1.40. The van der Waals surface area contributed by atoms with E-state index in [1.807, 2.05) is 0 Å². The Bertz CT molecular complexity index is 400. The van der Waals surface area contributed by atoms with Gasteiger partial charge in [-0.1, -0.05) is 0 Å². The normalized spacial score (nSPS) is 45.7. The summed E-state index contributed by atoms with van der Waals surface area (Å²) in [7, 11) is 2.22. The van der Waals surface area contributed by atoms with E-state index < -0.39 is 0 Å². The Morgan fingerprint density at radius 2 is 1.79 bits per heavy atom. The maximum atomic E-state index is 13.0. The van der Waals surface area contributed by atoms with Crippen LogP contribution in [0.15, 0.2) is 0 Å². The number of rotatable bonds is 1. The highest BCUT2D eigenvalue weighted by molar-refractivity contribution is 5.84. The molecule has 106 valence electrons. The number of likely N-dealkylation sites (tertiary alicyclic amines) is 2. The van der Waals surface area contributed by atoms with Gasteiger partial charge in [0.15, 0.2) is 0 Å². The second-order valence-corrected chi connectivity index (χ2v) is 7.89. The molecule has 1 atom stereocenters. The minimum atomic E-state index is 0.0840. The lowest BCUT2D eigenvalue weighted by atomic mass is 9.82. The summed E-state index contributed by atoms with van der Waals surface area (Å²) >= 11 is 0. The van der Waals surface area contributed by atoms with E-state index in [0.29, 0.717) is 11.3 Å². The van der Waals surface area contributed by atoms with Crippen LogP contribution in [0.4, 0.5) is 0 Å². The first-order chi connectivity index (χ1) is 9.11. The van der Waals surface area contributed by atoms with Gasteiger partial charge in [-0.25, -0.2) is 0 Å². The highest BCUT2D eigenvalue weighted by atomic mass is 16.2. The largest absolute Gasteiger partial charge is 0.342 e. The van der Waals surface area contributed by atoms with Gasteiger partial charge in [-0.2, -0.15) is 0 Å². The third kappa shape index (κ3) is 1.77. The van der Waals surface area contributed by atoms with Crippen LogP contribution in [-0.4, -0.2) is 48.9 Å². The van der Waals surface area contributed by atoms with Gasteiger partial charge in [0.05, 0.1) is 0 Å². The molecule has 1 amide bonds. The number of carbonyl (C=O) groups excluding carboxylic acids is 1. The van der Waals surface area contributed by atoms with Crippen molar-refractivity contribution in [2.24, 2.45) is 16.7 Å². The third-order valence-corrected chi connectivity index (χ3v) is 6.55. The Balaban J connectivity index is 1.48. The monoisotopic (exact) mass is 262 g/mol. The molecule has 3 heteroatoms. The van der Waals surface area contributed by atoms with Crippen molar-refractivity contribution in [3.63, 3.8) is 0 Å². The van der Waals surface area contributed by atoms with Crippen LogP contribution in [0.1, 0.15) is 44.9 Å². The molecule has 4 rings (SSSR count). The molecule has 1 spiro atoms. The summed E-state index contributed by atoms with van der Waals surface area (Å²) in [5, 5.41) is 0. The molecule has 2 heterocycles. The summed E-state index contributed by atoms with van der Waals surface area (Å²) in [5.41, 5.74) is 0.526. The fourth-order valence-corrected chi connectivity index (χ4v) is 5.43. The predicted octanol–water partition coefficient (Wildman–Crippen LogP) is 2.12. The molecule has 4 fully saturated rings. The van der Waals surface area contributed by atoms with Crippen LogP contribution < -0.4 is 0 Å². The Morgan fingerprint density at radius 1 is 1.05 bits per heavy atom. The molecule has 0 aromatic heterocycles. The van der Waals surface area contributed by atoms with E-state index in [4.69, 9.17) is 0 Å². The molecule has 2 aliphatic heterocycles. The quantitative estimate of drug-likeness (QED) is 0.722. The maximum Gasteiger partial charge on any atom is 0.228 e. The van der Waals surface area contributed by atoms with Crippen molar-refractivity contribution >= 4 is 5.91 Å². The topological polar surface area (TPSA) is 23.6 Å². The van der Waals surface area contributed by atoms with E-state index in [-0.39, 0.29) is 5.41 Å². The van der Waals surface area contributed by atoms with Crippen molar-refractivity contribution in [3.05, 3.63) is 0 Å². The Kier molecular flexibility index (Phi) is 2.55. The third-order valence-electron chi connectivity index (χ3n) is 6.55. The molecule has 2 saturated carbocycles. The summed E-state index contributed by atoms with van der Waals surface area (Å²) in [6.07, 6.45) is 8.72. The molecule has 3 nitrogen and oxygen atoms in total. The van der Waals surface area contributed by atoms with Crippen molar-refractivity contribution < 1.29 is 4.79 Å². The first-order valence-electron chi connectivity index (χ1n) is 8.09. The fourth-order valence-electron chi connectivity index (χ4n) is 5.43. The van der Waals surface area contributed by atoms with Gasteiger partial charge < -0.3 is 9.80 Å². The van der Waals surface area contributed by atoms with Crippen LogP contribution in [0, 0.1) is 16.7 Å². The molecular formula is C16H26N2O. The lowest BCUT2D eigenvalue weighted by Gasteiger charge is -2.32. The van der Waals surface area contributed by atoms with E-state index in [0.717, 1.165) is 19.0 Å². The van der Waals surface area contributed by atoms with Gasteiger partial charge in [-0.15, -0.1) is 0 Å². The average molecular weight is 262 g/mol. The number of hydrogen-bond acceptors (Lipinski definition) is 2. The Morgan fingerprint density at radius 3 is 2.37 bits per heavy atom. The molecule has 1 unspecified atom stereocenters. The van der Waals surface area contributed by atoms with E-state index in [2.05, 4.69) is 16.8 Å². The first kappa shape index (κ1) is 12.2. The zero-order valence-corrected chi connectivity index (χ0v) is 12.2. The number of carbonyl (C=O) groups is 1. The van der Waals surface area contributed by atoms with Crippen molar-refractivity contribution in [1.82, 2.24) is 9.80 Å². The Hall–Kier alpha value is -0.570. The average Bonchev–Trinajstić information content (AvgIpc) is 3.16. The van der Waals surface area contributed by atoms with E-state index in [1.165, 1.54) is 58.0 Å². The van der Waals surface area contributed by atoms with Gasteiger partial charge in [-0.3, -0.25) is 4.79 Å². The van der Waals surface area contributed by atoms with Crippen molar-refractivity contribution in [2.75, 3.05) is 33.2 Å². The molecule has 0 N–H and O–H groups in total. The molecule has 4 aliphatic rings. The van der Waals surface area contributed by atoms with Gasteiger partial charge in [0, 0.05) is 30.5 Å². The standard InChI is InChI=1S/C16H26N2O/c1-17-8-6-15(11-17)7-9-18(12-15)14(19)16-4-2-13(10-16)3-5-16/h13H,2-12H2,1H3. The summed E-state index contributed by atoms with van der Waals surface area (Å²) in [6.45, 7) is 4.49. The summed E-state index contributed by atoms with van der Waals surface area (Å²) < 4.78 is 0. The van der Waals surface area contributed by atoms with Crippen molar-refractivity contribution in [1.29, 1.82) is 0 Å². The molecule has 0 radical (unpaired) electrons. The molecule has 0 aromatic rings. The summed E-state index contributed by atoms with van der Waals surface area (Å²) in [4.78, 5) is 17.6. The van der Waals surface area contributed by atoms with Gasteiger partial charge in [0.2, 0.25) is 5.91 Å². The van der Waals surface area contributed by atoms with Crippen molar-refractivity contribution in [3.8, 4) is 0 Å². The van der Waals surface area contributed by atoms with Gasteiger partial charge in [-0.05, 0) is 64.5 Å². The molecule has 2 saturated heterocycles. The summed E-state index contributed by atoms with van der Waals surface area (Å²) in [6, 6.07) is 0. The SMILES string of the molecule is CN1CCC2(CCN(C(=O)C34CCC(CC3)C4)C2)C1. The number of fused-ring (bicyclic) bond motifs is 2. The number of hydrogen-bond donors (Lipinski definition) is 0. The van der Waals surface area contributed by atoms with Crippen LogP contribution in [0.5, 0.6) is 0 Å². The van der Waals surface area contributed by atoms with Crippen LogP contribution in [0.3, 0.4) is 0 Å². The first-order valence-corrected chi connectivity index (χ1v) is 8.09. The van der Waals surface area contributed by atoms with Crippen molar-refractivity contribution in [2.45, 2.75) is 44.9 Å². The smallest absolute Gasteiger partial charge is 0.228 e. The molecule has 0 aromatic carbocycles. The minimum absolute atomic E-state index is 0.0840. The highest BCUT2D eigenvalue weighted by Crippen LogP contribution is 2.55. The van der Waals surface area contributed by atoms with Gasteiger partial charge in [0.1, 0.15) is 0 Å². The lowest BCUT2D eigenvalue weighted by molar-refractivity contribution is -0.141. The number of nitrogens with zero attached hydrogens (tertiary/aromatic N) is 2. The molecule has 2 bridgehead atoms. The maximum absolute atomic E-state index is 13.0. The van der Waals surface area contributed by atoms with Crippen LogP contribution >= 0.6 is 0 Å².